The van der Waals surface area contributed by atoms with Crippen LogP contribution in [-0.4, -0.2) is 47.6 Å². The molecule has 1 saturated carbocycles. The molecule has 1 aliphatic carbocycles. The fourth-order valence-electron chi connectivity index (χ4n) is 3.78. The first-order chi connectivity index (χ1) is 15.7. The molecule has 2 aromatic rings. The number of carbonyl (C=O) groups is 1. The van der Waals surface area contributed by atoms with Gasteiger partial charge in [-0.15, -0.1) is 0 Å². The van der Waals surface area contributed by atoms with Gasteiger partial charge in [0.15, 0.2) is 17.7 Å². The van der Waals surface area contributed by atoms with Gasteiger partial charge in [-0.2, -0.15) is 0 Å². The van der Waals surface area contributed by atoms with Crippen molar-refractivity contribution < 1.29 is 41.7 Å². The highest BCUT2D eigenvalue weighted by molar-refractivity contribution is 5.72. The Morgan fingerprint density at radius 3 is 2.58 bits per heavy atom. The number of ether oxygens (including phenoxy) is 3. The number of nitrogens with zero attached hydrogens (tertiary/aromatic N) is 1. The molecule has 0 saturated heterocycles. The first-order valence-electron chi connectivity index (χ1n) is 10.9. The van der Waals surface area contributed by atoms with Crippen molar-refractivity contribution in [3.63, 3.8) is 0 Å². The number of aromatic nitrogens is 1. The van der Waals surface area contributed by atoms with Crippen molar-refractivity contribution in [3.8, 4) is 11.5 Å². The highest BCUT2D eigenvalue weighted by Gasteiger charge is 2.27. The minimum absolute atomic E-state index is 0.0362. The number of carboxylic acid groups (broad SMARTS) is 1. The van der Waals surface area contributed by atoms with Gasteiger partial charge in [-0.1, -0.05) is 0 Å². The zero-order valence-corrected chi connectivity index (χ0v) is 18.8. The molecule has 7 nitrogen and oxygen atoms in total. The molecule has 0 bridgehead atoms. The maximum atomic E-state index is 14.4. The first-order valence-corrected chi connectivity index (χ1v) is 10.9. The number of oxazole rings is 1. The van der Waals surface area contributed by atoms with E-state index in [2.05, 4.69) is 4.98 Å². The third-order valence-corrected chi connectivity index (χ3v) is 5.66. The van der Waals surface area contributed by atoms with Gasteiger partial charge in [0.05, 0.1) is 31.0 Å². The van der Waals surface area contributed by atoms with E-state index in [0.717, 1.165) is 32.3 Å². The topological polar surface area (TPSA) is 91.0 Å². The average molecular weight is 471 g/mol. The predicted molar refractivity (Wildman–Crippen MR) is 111 cm³/mol. The van der Waals surface area contributed by atoms with Crippen LogP contribution in [0, 0.1) is 31.3 Å². The summed E-state index contributed by atoms with van der Waals surface area (Å²) in [6.45, 7) is 4.83. The molecular formula is C23H28F3NO6. The van der Waals surface area contributed by atoms with Crippen molar-refractivity contribution in [2.75, 3.05) is 13.2 Å². The van der Waals surface area contributed by atoms with Gasteiger partial charge < -0.3 is 23.7 Å². The number of aliphatic carboxylic acids is 1. The average Bonchev–Trinajstić information content (AvgIpc) is 3.16. The van der Waals surface area contributed by atoms with Gasteiger partial charge in [0.25, 0.3) is 0 Å². The second-order valence-corrected chi connectivity index (χ2v) is 8.02. The van der Waals surface area contributed by atoms with Gasteiger partial charge in [-0.3, -0.25) is 0 Å². The Bertz CT molecular complexity index is 980. The maximum absolute atomic E-state index is 14.4. The lowest BCUT2D eigenvalue weighted by atomic mass is 9.95. The molecule has 1 heterocycles. The van der Waals surface area contributed by atoms with Crippen molar-refractivity contribution in [2.45, 2.75) is 71.4 Å². The monoisotopic (exact) mass is 471 g/mol. The Morgan fingerprint density at radius 1 is 1.21 bits per heavy atom. The Kier molecular flexibility index (Phi) is 8.50. The molecule has 1 aromatic heterocycles. The third-order valence-electron chi connectivity index (χ3n) is 5.66. The van der Waals surface area contributed by atoms with Crippen LogP contribution in [0.5, 0.6) is 0 Å². The fourth-order valence-corrected chi connectivity index (χ4v) is 3.78. The van der Waals surface area contributed by atoms with E-state index in [0.29, 0.717) is 17.9 Å². The van der Waals surface area contributed by atoms with E-state index in [-0.39, 0.29) is 43.5 Å². The van der Waals surface area contributed by atoms with Crippen LogP contribution in [0.25, 0.3) is 11.5 Å². The van der Waals surface area contributed by atoms with Gasteiger partial charge in [0.2, 0.25) is 5.89 Å². The van der Waals surface area contributed by atoms with Gasteiger partial charge in [-0.05, 0) is 52.5 Å². The molecule has 0 amide bonds. The number of aryl methyl sites for hydroxylation is 1. The van der Waals surface area contributed by atoms with E-state index in [1.807, 2.05) is 0 Å². The van der Waals surface area contributed by atoms with Crippen molar-refractivity contribution in [1.82, 2.24) is 4.98 Å². The lowest BCUT2D eigenvalue weighted by molar-refractivity contribution is -0.157. The number of halogens is 3. The molecule has 0 aliphatic heterocycles. The lowest BCUT2D eigenvalue weighted by Crippen LogP contribution is -2.34. The Balaban J connectivity index is 1.59. The first kappa shape index (κ1) is 25.2. The maximum Gasteiger partial charge on any atom is 0.335 e. The summed E-state index contributed by atoms with van der Waals surface area (Å²) in [6, 6.07) is 0.725. The van der Waals surface area contributed by atoms with Crippen molar-refractivity contribution >= 4 is 5.97 Å². The molecule has 1 aliphatic rings. The molecule has 0 spiro atoms. The number of benzene rings is 1. The summed E-state index contributed by atoms with van der Waals surface area (Å²) in [5, 5.41) is 9.16. The van der Waals surface area contributed by atoms with Crippen LogP contribution in [0.15, 0.2) is 10.5 Å². The van der Waals surface area contributed by atoms with Crippen LogP contribution in [0.1, 0.15) is 49.6 Å². The van der Waals surface area contributed by atoms with E-state index < -0.39 is 35.1 Å². The normalized spacial score (nSPS) is 19.6. The molecule has 3 rings (SSSR count). The molecule has 33 heavy (non-hydrogen) atoms. The summed E-state index contributed by atoms with van der Waals surface area (Å²) >= 11 is 0. The number of rotatable bonds is 10. The summed E-state index contributed by atoms with van der Waals surface area (Å²) in [5.41, 5.74) is -0.271. The fraction of sp³-hybridized carbons (Fsp3) is 0.565. The molecule has 1 unspecified atom stereocenters. The van der Waals surface area contributed by atoms with Crippen LogP contribution in [-0.2, 0) is 25.6 Å². The van der Waals surface area contributed by atoms with Crippen LogP contribution in [0.3, 0.4) is 0 Å². The zero-order valence-electron chi connectivity index (χ0n) is 18.8. The predicted octanol–water partition coefficient (Wildman–Crippen LogP) is 4.71. The molecule has 10 heteroatoms. The highest BCUT2D eigenvalue weighted by Crippen LogP contribution is 2.30. The van der Waals surface area contributed by atoms with Crippen molar-refractivity contribution in [2.24, 2.45) is 0 Å². The number of carboxylic acids is 1. The summed E-state index contributed by atoms with van der Waals surface area (Å²) in [5.74, 6) is -4.18. The minimum atomic E-state index is -1.24. The van der Waals surface area contributed by atoms with Crippen LogP contribution in [0.2, 0.25) is 0 Å². The van der Waals surface area contributed by atoms with Gasteiger partial charge in [0.1, 0.15) is 17.3 Å². The van der Waals surface area contributed by atoms with Crippen molar-refractivity contribution in [1.29, 1.82) is 0 Å². The van der Waals surface area contributed by atoms with E-state index in [4.69, 9.17) is 23.7 Å². The standard InChI is InChI=1S/C23H28F3NO6/c1-4-30-19(23(28)29)11-32-15-7-5-6-14(8-15)31-10-18-13(3)33-22(27-18)16-9-17(24)21(26)12(2)20(16)25/h9,14-15,19H,4-8,10-11H2,1-3H3,(H,28,29)/t14-,15+,19?/m0/s1. The van der Waals surface area contributed by atoms with E-state index in [1.54, 1.807) is 13.8 Å². The van der Waals surface area contributed by atoms with E-state index in [1.165, 1.54) is 0 Å². The molecule has 1 aromatic carbocycles. The van der Waals surface area contributed by atoms with Crippen LogP contribution in [0.4, 0.5) is 13.2 Å². The zero-order chi connectivity index (χ0) is 24.1. The molecular weight excluding hydrogens is 443 g/mol. The largest absolute Gasteiger partial charge is 0.479 e. The Hall–Kier alpha value is -2.43. The molecule has 1 fully saturated rings. The third kappa shape index (κ3) is 6.13. The van der Waals surface area contributed by atoms with E-state index >= 15 is 0 Å². The molecule has 0 radical (unpaired) electrons. The SMILES string of the molecule is CCOC(CO[C@@H]1CCC[C@H](OCc2nc(-c3cc(F)c(F)c(C)c3F)oc2C)C1)C(=O)O. The van der Waals surface area contributed by atoms with Gasteiger partial charge in [0, 0.05) is 12.2 Å². The Labute approximate surface area is 189 Å². The number of hydrogen-bond donors (Lipinski definition) is 1. The minimum Gasteiger partial charge on any atom is -0.479 e. The van der Waals surface area contributed by atoms with Gasteiger partial charge in [-0.25, -0.2) is 22.9 Å². The van der Waals surface area contributed by atoms with Crippen LogP contribution < -0.4 is 0 Å². The lowest BCUT2D eigenvalue weighted by Gasteiger charge is -2.29. The molecule has 182 valence electrons. The summed E-state index contributed by atoms with van der Waals surface area (Å²) in [6.07, 6.45) is 1.73. The second kappa shape index (κ2) is 11.1. The van der Waals surface area contributed by atoms with Crippen molar-refractivity contribution in [3.05, 3.63) is 40.5 Å². The summed E-state index contributed by atoms with van der Waals surface area (Å²) in [7, 11) is 0. The summed E-state index contributed by atoms with van der Waals surface area (Å²) in [4.78, 5) is 15.4. The van der Waals surface area contributed by atoms with E-state index in [9.17, 15) is 18.0 Å². The quantitative estimate of drug-likeness (QED) is 0.502. The molecule has 1 N–H and O–H groups in total. The van der Waals surface area contributed by atoms with Gasteiger partial charge >= 0.3 is 5.97 Å². The van der Waals surface area contributed by atoms with Crippen LogP contribution >= 0.6 is 0 Å². The second-order valence-electron chi connectivity index (χ2n) is 8.02. The smallest absolute Gasteiger partial charge is 0.335 e. The molecule has 3 atom stereocenters. The summed E-state index contributed by atoms with van der Waals surface area (Å²) < 4.78 is 64.1. The highest BCUT2D eigenvalue weighted by atomic mass is 19.2. The Morgan fingerprint density at radius 2 is 1.91 bits per heavy atom. The number of hydrogen-bond acceptors (Lipinski definition) is 6.